The fourth-order valence-corrected chi connectivity index (χ4v) is 2.84. The van der Waals surface area contributed by atoms with Crippen molar-refractivity contribution in [1.82, 2.24) is 4.90 Å². The molecule has 1 atom stereocenters. The predicted molar refractivity (Wildman–Crippen MR) is 78.1 cm³/mol. The zero-order chi connectivity index (χ0) is 13.1. The summed E-state index contributed by atoms with van der Waals surface area (Å²) in [5, 5.41) is 8.97. The van der Waals surface area contributed by atoms with Crippen LogP contribution in [0.2, 0.25) is 0 Å². The van der Waals surface area contributed by atoms with E-state index in [1.165, 1.54) is 0 Å². The van der Waals surface area contributed by atoms with Crippen LogP contribution in [0.25, 0.3) is 0 Å². The third-order valence-electron chi connectivity index (χ3n) is 3.31. The lowest BCUT2D eigenvalue weighted by Gasteiger charge is -2.30. The molecule has 0 radical (unpaired) electrons. The van der Waals surface area contributed by atoms with Gasteiger partial charge in [-0.05, 0) is 54.0 Å². The van der Waals surface area contributed by atoms with Crippen molar-refractivity contribution in [1.29, 1.82) is 5.26 Å². The Morgan fingerprint density at radius 2 is 2.33 bits per heavy atom. The molecule has 94 valence electrons. The van der Waals surface area contributed by atoms with Crippen molar-refractivity contribution in [2.24, 2.45) is 5.92 Å². The predicted octanol–water partition coefficient (Wildman–Crippen LogP) is 2.98. The third kappa shape index (κ3) is 2.66. The zero-order valence-electron chi connectivity index (χ0n) is 10.3. The summed E-state index contributed by atoms with van der Waals surface area (Å²) in [6, 6.07) is 8.06. The molecule has 0 N–H and O–H groups in total. The Balaban J connectivity index is 2.21. The summed E-state index contributed by atoms with van der Waals surface area (Å²) < 4.78 is 1.01. The molecule has 3 nitrogen and oxygen atoms in total. The Labute approximate surface area is 121 Å². The highest BCUT2D eigenvalue weighted by Gasteiger charge is 2.25. The van der Waals surface area contributed by atoms with Crippen molar-refractivity contribution in [2.45, 2.75) is 19.8 Å². The lowest BCUT2D eigenvalue weighted by atomic mass is 9.99. The number of nitriles is 1. The molecule has 2 rings (SSSR count). The van der Waals surface area contributed by atoms with E-state index in [1.54, 1.807) is 0 Å². The molecule has 1 aromatic rings. The van der Waals surface area contributed by atoms with E-state index in [4.69, 9.17) is 5.26 Å². The van der Waals surface area contributed by atoms with Gasteiger partial charge in [0.1, 0.15) is 0 Å². The van der Waals surface area contributed by atoms with Gasteiger partial charge in [-0.2, -0.15) is 5.26 Å². The number of halogens is 1. The Hall–Kier alpha value is -1.09. The van der Waals surface area contributed by atoms with Crippen LogP contribution in [0, 0.1) is 27.7 Å². The van der Waals surface area contributed by atoms with Crippen LogP contribution in [0.15, 0.2) is 18.2 Å². The van der Waals surface area contributed by atoms with E-state index >= 15 is 0 Å². The van der Waals surface area contributed by atoms with Crippen molar-refractivity contribution in [3.63, 3.8) is 0 Å². The molecule has 18 heavy (non-hydrogen) atoms. The second kappa shape index (κ2) is 5.70. The van der Waals surface area contributed by atoms with E-state index in [9.17, 15) is 4.79 Å². The minimum Gasteiger partial charge on any atom is -0.337 e. The summed E-state index contributed by atoms with van der Waals surface area (Å²) in [6.07, 6.45) is 1.83. The lowest BCUT2D eigenvalue weighted by Crippen LogP contribution is -2.39. The first-order valence-corrected chi connectivity index (χ1v) is 7.15. The monoisotopic (exact) mass is 354 g/mol. The third-order valence-corrected chi connectivity index (χ3v) is 4.75. The van der Waals surface area contributed by atoms with Crippen molar-refractivity contribution in [3.8, 4) is 6.07 Å². The second-order valence-electron chi connectivity index (χ2n) is 4.66. The number of carbonyl (C=O) groups is 1. The van der Waals surface area contributed by atoms with Crippen LogP contribution in [0.4, 0.5) is 0 Å². The van der Waals surface area contributed by atoms with Gasteiger partial charge in [-0.3, -0.25) is 4.79 Å². The largest absolute Gasteiger partial charge is 0.337 e. The van der Waals surface area contributed by atoms with Crippen LogP contribution in [-0.2, 0) is 0 Å². The standard InChI is InChI=1S/C14H15IN2O/c1-10-4-2-6-12(13(10)15)14(18)17-7-3-5-11(8-16)9-17/h2,4,6,11H,3,5,7,9H2,1H3. The first-order valence-electron chi connectivity index (χ1n) is 6.07. The molecule has 1 aliphatic rings. The van der Waals surface area contributed by atoms with Gasteiger partial charge in [-0.25, -0.2) is 0 Å². The first-order chi connectivity index (χ1) is 8.63. The summed E-state index contributed by atoms with van der Waals surface area (Å²) in [6.45, 7) is 3.34. The molecule has 1 saturated heterocycles. The topological polar surface area (TPSA) is 44.1 Å². The van der Waals surface area contributed by atoms with E-state index < -0.39 is 0 Å². The molecular formula is C14H15IN2O. The van der Waals surface area contributed by atoms with Gasteiger partial charge in [0, 0.05) is 16.7 Å². The minimum atomic E-state index is -0.00910. The van der Waals surface area contributed by atoms with Gasteiger partial charge in [0.25, 0.3) is 5.91 Å². The summed E-state index contributed by atoms with van der Waals surface area (Å²) >= 11 is 2.22. The molecule has 4 heteroatoms. The lowest BCUT2D eigenvalue weighted by molar-refractivity contribution is 0.0697. The van der Waals surface area contributed by atoms with E-state index in [0.717, 1.165) is 34.1 Å². The molecule has 0 spiro atoms. The molecule has 1 heterocycles. The molecule has 1 aliphatic heterocycles. The van der Waals surface area contributed by atoms with Crippen LogP contribution < -0.4 is 0 Å². The molecule has 1 aromatic carbocycles. The van der Waals surface area contributed by atoms with Crippen molar-refractivity contribution >= 4 is 28.5 Å². The molecule has 0 bridgehead atoms. The normalized spacial score (nSPS) is 19.4. The first kappa shape index (κ1) is 13.3. The minimum absolute atomic E-state index is 0.00910. The fraction of sp³-hybridized carbons (Fsp3) is 0.429. The number of piperidine rings is 1. The maximum Gasteiger partial charge on any atom is 0.254 e. The quantitative estimate of drug-likeness (QED) is 0.728. The fourth-order valence-electron chi connectivity index (χ4n) is 2.25. The Bertz CT molecular complexity index is 507. The number of aryl methyl sites for hydroxylation is 1. The molecule has 0 aliphatic carbocycles. The van der Waals surface area contributed by atoms with Crippen LogP contribution in [-0.4, -0.2) is 23.9 Å². The van der Waals surface area contributed by atoms with Crippen LogP contribution in [0.1, 0.15) is 28.8 Å². The number of hydrogen-bond donors (Lipinski definition) is 0. The Morgan fingerprint density at radius 1 is 1.56 bits per heavy atom. The number of likely N-dealkylation sites (tertiary alicyclic amines) is 1. The van der Waals surface area contributed by atoms with E-state index in [1.807, 2.05) is 30.0 Å². The number of nitrogens with zero attached hydrogens (tertiary/aromatic N) is 2. The average molecular weight is 354 g/mol. The maximum absolute atomic E-state index is 12.4. The number of carbonyl (C=O) groups excluding carboxylic acids is 1. The van der Waals surface area contributed by atoms with Crippen LogP contribution in [0.3, 0.4) is 0 Å². The number of rotatable bonds is 1. The molecule has 0 saturated carbocycles. The average Bonchev–Trinajstić information content (AvgIpc) is 2.41. The zero-order valence-corrected chi connectivity index (χ0v) is 12.5. The molecular weight excluding hydrogens is 339 g/mol. The highest BCUT2D eigenvalue weighted by atomic mass is 127. The summed E-state index contributed by atoms with van der Waals surface area (Å²) in [5.74, 6) is 0.0493. The van der Waals surface area contributed by atoms with Crippen LogP contribution >= 0.6 is 22.6 Å². The van der Waals surface area contributed by atoms with Crippen LogP contribution in [0.5, 0.6) is 0 Å². The molecule has 1 fully saturated rings. The highest BCUT2D eigenvalue weighted by molar-refractivity contribution is 14.1. The van der Waals surface area contributed by atoms with Gasteiger partial charge in [0.15, 0.2) is 0 Å². The summed E-state index contributed by atoms with van der Waals surface area (Å²) in [5.41, 5.74) is 1.88. The van der Waals surface area contributed by atoms with Gasteiger partial charge < -0.3 is 4.90 Å². The molecule has 1 amide bonds. The smallest absolute Gasteiger partial charge is 0.254 e. The van der Waals surface area contributed by atoms with Gasteiger partial charge in [-0.1, -0.05) is 12.1 Å². The number of benzene rings is 1. The van der Waals surface area contributed by atoms with E-state index in [0.29, 0.717) is 6.54 Å². The number of amides is 1. The maximum atomic E-state index is 12.4. The van der Waals surface area contributed by atoms with Crippen molar-refractivity contribution < 1.29 is 4.79 Å². The molecule has 0 aromatic heterocycles. The Morgan fingerprint density at radius 3 is 3.06 bits per heavy atom. The van der Waals surface area contributed by atoms with Gasteiger partial charge >= 0.3 is 0 Å². The van der Waals surface area contributed by atoms with E-state index in [-0.39, 0.29) is 11.8 Å². The van der Waals surface area contributed by atoms with E-state index in [2.05, 4.69) is 28.7 Å². The highest BCUT2D eigenvalue weighted by Crippen LogP contribution is 2.22. The summed E-state index contributed by atoms with van der Waals surface area (Å²) in [4.78, 5) is 14.3. The van der Waals surface area contributed by atoms with Crippen molar-refractivity contribution in [3.05, 3.63) is 32.9 Å². The number of hydrogen-bond acceptors (Lipinski definition) is 2. The Kier molecular flexibility index (Phi) is 4.23. The van der Waals surface area contributed by atoms with Gasteiger partial charge in [0.2, 0.25) is 0 Å². The summed E-state index contributed by atoms with van der Waals surface area (Å²) in [7, 11) is 0. The second-order valence-corrected chi connectivity index (χ2v) is 5.73. The van der Waals surface area contributed by atoms with Crippen molar-refractivity contribution in [2.75, 3.05) is 13.1 Å². The van der Waals surface area contributed by atoms with Gasteiger partial charge in [0.05, 0.1) is 17.6 Å². The SMILES string of the molecule is Cc1cccc(C(=O)N2CCCC(C#N)C2)c1I. The van der Waals surface area contributed by atoms with Gasteiger partial charge in [-0.15, -0.1) is 0 Å². The molecule has 1 unspecified atom stereocenters.